The molecule has 2 heterocycles. The summed E-state index contributed by atoms with van der Waals surface area (Å²) in [5.41, 5.74) is 24.7. The van der Waals surface area contributed by atoms with Gasteiger partial charge in [0, 0.05) is 34.0 Å². The molecule has 0 radical (unpaired) electrons. The number of benzene rings is 7. The monoisotopic (exact) mass is 851 g/mol. The zero-order valence-corrected chi connectivity index (χ0v) is 41.5. The molecule has 0 spiro atoms. The molecule has 7 aromatic rings. The fourth-order valence-electron chi connectivity index (χ4n) is 11.6. The zero-order valence-electron chi connectivity index (χ0n) is 41.5. The molecule has 0 N–H and O–H groups in total. The highest BCUT2D eigenvalue weighted by Crippen LogP contribution is 2.54. The van der Waals surface area contributed by atoms with E-state index in [0.29, 0.717) is 0 Å². The lowest BCUT2D eigenvalue weighted by molar-refractivity contribution is 0.403. The van der Waals surface area contributed by atoms with Gasteiger partial charge in [-0.05, 0) is 149 Å². The number of hydrogen-bond donors (Lipinski definition) is 0. The number of fused-ring (bicyclic) bond motifs is 5. The van der Waals surface area contributed by atoms with Crippen LogP contribution in [0.1, 0.15) is 130 Å². The van der Waals surface area contributed by atoms with Gasteiger partial charge in [-0.15, -0.1) is 0 Å². The van der Waals surface area contributed by atoms with E-state index in [1.54, 1.807) is 0 Å². The third-order valence-corrected chi connectivity index (χ3v) is 15.0. The maximum atomic E-state index is 2.69. The van der Waals surface area contributed by atoms with Crippen molar-refractivity contribution < 1.29 is 0 Å². The fraction of sp³-hybridized carbons (Fsp3) is 0.323. The summed E-state index contributed by atoms with van der Waals surface area (Å²) in [7, 11) is 0. The van der Waals surface area contributed by atoms with Crippen LogP contribution in [0.3, 0.4) is 0 Å². The van der Waals surface area contributed by atoms with Gasteiger partial charge in [0.15, 0.2) is 0 Å². The van der Waals surface area contributed by atoms with Crippen LogP contribution < -0.4 is 26.2 Å². The van der Waals surface area contributed by atoms with E-state index in [1.807, 2.05) is 0 Å². The predicted molar refractivity (Wildman–Crippen MR) is 283 cm³/mol. The van der Waals surface area contributed by atoms with E-state index in [4.69, 9.17) is 0 Å². The van der Waals surface area contributed by atoms with Crippen molar-refractivity contribution in [3.63, 3.8) is 0 Å². The minimum Gasteiger partial charge on any atom is -0.311 e. The first kappa shape index (κ1) is 43.1. The summed E-state index contributed by atoms with van der Waals surface area (Å²) in [6.45, 7) is 33.4. The second-order valence-corrected chi connectivity index (χ2v) is 23.9. The van der Waals surface area contributed by atoms with E-state index in [9.17, 15) is 0 Å². The average Bonchev–Trinajstić information content (AvgIpc) is 3.43. The van der Waals surface area contributed by atoms with Crippen LogP contribution in [0.2, 0.25) is 0 Å². The van der Waals surface area contributed by atoms with E-state index < -0.39 is 0 Å². The van der Waals surface area contributed by atoms with Crippen LogP contribution in [-0.4, -0.2) is 6.71 Å². The van der Waals surface area contributed by atoms with Crippen molar-refractivity contribution in [3.8, 4) is 22.3 Å². The number of rotatable bonds is 4. The van der Waals surface area contributed by atoms with Crippen molar-refractivity contribution in [1.29, 1.82) is 0 Å². The molecule has 2 aliphatic heterocycles. The standard InChI is InChI=1S/C62H67BN2/c1-39-25-26-42(40-21-17-15-18-22-40)31-52(39)65-53-33-44(59(5,6)7)27-29-49(53)63-50-36-47-48(62(13,14)38-61(47,11)12)37-54(50)64(55-34-45(60(8,9)10)35-56(65)57(55)63)51-30-28-43(58(2,3)4)32-46(51)41-23-19-16-20-24-41/h15-37H,38H2,1-14H3. The Bertz CT molecular complexity index is 3020. The summed E-state index contributed by atoms with van der Waals surface area (Å²) in [5.74, 6) is 0. The first-order chi connectivity index (χ1) is 30.5. The Morgan fingerprint density at radius 3 is 1.52 bits per heavy atom. The lowest BCUT2D eigenvalue weighted by Crippen LogP contribution is -2.61. The van der Waals surface area contributed by atoms with Crippen LogP contribution in [-0.2, 0) is 27.1 Å². The molecule has 10 rings (SSSR count). The van der Waals surface area contributed by atoms with Crippen molar-refractivity contribution in [2.24, 2.45) is 0 Å². The van der Waals surface area contributed by atoms with Crippen molar-refractivity contribution in [3.05, 3.63) is 173 Å². The number of hydrogen-bond acceptors (Lipinski definition) is 2. The first-order valence-corrected chi connectivity index (χ1v) is 24.0. The van der Waals surface area contributed by atoms with Gasteiger partial charge in [0.25, 0.3) is 6.71 Å². The van der Waals surface area contributed by atoms with Gasteiger partial charge < -0.3 is 9.80 Å². The Hall–Kier alpha value is -5.80. The van der Waals surface area contributed by atoms with Crippen molar-refractivity contribution in [2.75, 3.05) is 9.80 Å². The largest absolute Gasteiger partial charge is 0.311 e. The van der Waals surface area contributed by atoms with Gasteiger partial charge in [0.2, 0.25) is 0 Å². The maximum Gasteiger partial charge on any atom is 0.252 e. The minimum absolute atomic E-state index is 0.0169. The predicted octanol–water partition coefficient (Wildman–Crippen LogP) is 15.3. The topological polar surface area (TPSA) is 6.48 Å². The molecule has 0 bridgehead atoms. The molecule has 1 aliphatic carbocycles. The summed E-state index contributed by atoms with van der Waals surface area (Å²) in [6, 6.07) is 54.2. The Balaban J connectivity index is 1.37. The van der Waals surface area contributed by atoms with Crippen molar-refractivity contribution in [2.45, 2.75) is 130 Å². The third kappa shape index (κ3) is 7.08. The molecule has 328 valence electrons. The van der Waals surface area contributed by atoms with Gasteiger partial charge in [0.05, 0.1) is 5.69 Å². The lowest BCUT2D eigenvalue weighted by atomic mass is 9.33. The van der Waals surface area contributed by atoms with Gasteiger partial charge in [-0.2, -0.15) is 0 Å². The maximum absolute atomic E-state index is 2.69. The number of aryl methyl sites for hydroxylation is 1. The molecule has 0 atom stereocenters. The molecule has 2 nitrogen and oxygen atoms in total. The van der Waals surface area contributed by atoms with E-state index in [2.05, 4.69) is 246 Å². The molecule has 0 saturated heterocycles. The lowest BCUT2D eigenvalue weighted by Gasteiger charge is -2.46. The third-order valence-electron chi connectivity index (χ3n) is 15.0. The number of nitrogens with zero attached hydrogens (tertiary/aromatic N) is 2. The second kappa shape index (κ2) is 14.6. The molecule has 0 saturated carbocycles. The molecule has 0 amide bonds. The smallest absolute Gasteiger partial charge is 0.252 e. The highest BCUT2D eigenvalue weighted by molar-refractivity contribution is 7.00. The Morgan fingerprint density at radius 2 is 0.923 bits per heavy atom. The molecule has 0 aromatic heterocycles. The van der Waals surface area contributed by atoms with E-state index in [0.717, 1.165) is 6.42 Å². The molecule has 0 fully saturated rings. The molecule has 65 heavy (non-hydrogen) atoms. The Morgan fingerprint density at radius 1 is 0.415 bits per heavy atom. The van der Waals surface area contributed by atoms with E-state index >= 15 is 0 Å². The van der Waals surface area contributed by atoms with Gasteiger partial charge in [-0.25, -0.2) is 0 Å². The summed E-state index contributed by atoms with van der Waals surface area (Å²) >= 11 is 0. The SMILES string of the molecule is Cc1ccc(-c2ccccc2)cc1N1c2cc(C(C)(C)C)ccc2B2c3cc4c(cc3N(c3ccc(C(C)(C)C)cc3-c3ccccc3)c3cc(C(C)(C)C)cc1c32)C(C)(C)CC4(C)C. The number of anilines is 6. The summed E-state index contributed by atoms with van der Waals surface area (Å²) in [5, 5.41) is 0. The normalized spacial score (nSPS) is 15.9. The van der Waals surface area contributed by atoms with Crippen LogP contribution in [0, 0.1) is 6.92 Å². The average molecular weight is 851 g/mol. The van der Waals surface area contributed by atoms with Crippen molar-refractivity contribution >= 4 is 57.2 Å². The quantitative estimate of drug-likeness (QED) is 0.163. The molecule has 3 aliphatic rings. The summed E-state index contributed by atoms with van der Waals surface area (Å²) in [4.78, 5) is 5.34. The van der Waals surface area contributed by atoms with Gasteiger partial charge in [-0.1, -0.05) is 187 Å². The van der Waals surface area contributed by atoms with E-state index in [1.165, 1.54) is 106 Å². The van der Waals surface area contributed by atoms with Gasteiger partial charge >= 0.3 is 0 Å². The molecule has 0 unspecified atom stereocenters. The molecular formula is C62H67BN2. The zero-order chi connectivity index (χ0) is 46.2. The minimum atomic E-state index is -0.130. The van der Waals surface area contributed by atoms with Crippen molar-refractivity contribution in [1.82, 2.24) is 0 Å². The van der Waals surface area contributed by atoms with Crippen LogP contribution in [0.4, 0.5) is 34.1 Å². The Kier molecular flexibility index (Phi) is 9.69. The first-order valence-electron chi connectivity index (χ1n) is 24.0. The van der Waals surface area contributed by atoms with Crippen LogP contribution in [0.25, 0.3) is 22.3 Å². The van der Waals surface area contributed by atoms with Gasteiger partial charge in [0.1, 0.15) is 0 Å². The van der Waals surface area contributed by atoms with Crippen LogP contribution in [0.15, 0.2) is 140 Å². The molecule has 3 heteroatoms. The van der Waals surface area contributed by atoms with Gasteiger partial charge in [-0.3, -0.25) is 0 Å². The Labute approximate surface area is 390 Å². The fourth-order valence-corrected chi connectivity index (χ4v) is 11.6. The highest BCUT2D eigenvalue weighted by atomic mass is 15.2. The summed E-state index contributed by atoms with van der Waals surface area (Å²) < 4.78 is 0. The van der Waals surface area contributed by atoms with Crippen LogP contribution >= 0.6 is 0 Å². The molecule has 7 aromatic carbocycles. The van der Waals surface area contributed by atoms with E-state index in [-0.39, 0.29) is 33.8 Å². The highest BCUT2D eigenvalue weighted by Gasteiger charge is 2.49. The summed E-state index contributed by atoms with van der Waals surface area (Å²) in [6.07, 6.45) is 1.11. The second-order valence-electron chi connectivity index (χ2n) is 23.9. The van der Waals surface area contributed by atoms with Crippen LogP contribution in [0.5, 0.6) is 0 Å². The molecular weight excluding hydrogens is 784 g/mol.